The molecule has 18 heavy (non-hydrogen) atoms. The number of anilines is 2. The molecule has 4 heteroatoms. The summed E-state index contributed by atoms with van der Waals surface area (Å²) in [6, 6.07) is 9.81. The van der Waals surface area contributed by atoms with E-state index in [1.54, 1.807) is 6.20 Å². The highest BCUT2D eigenvalue weighted by molar-refractivity contribution is 6.31. The van der Waals surface area contributed by atoms with Crippen LogP contribution in [0, 0.1) is 0 Å². The Hall–Kier alpha value is -1.74. The first kappa shape index (κ1) is 12.7. The van der Waals surface area contributed by atoms with Gasteiger partial charge in [0.25, 0.3) is 0 Å². The van der Waals surface area contributed by atoms with Gasteiger partial charge in [-0.1, -0.05) is 29.8 Å². The Morgan fingerprint density at radius 1 is 1.22 bits per heavy atom. The quantitative estimate of drug-likeness (QED) is 0.914. The van der Waals surface area contributed by atoms with E-state index in [2.05, 4.69) is 15.2 Å². The zero-order chi connectivity index (χ0) is 13.0. The van der Waals surface area contributed by atoms with Crippen LogP contribution in [0.5, 0.6) is 0 Å². The van der Waals surface area contributed by atoms with Crippen LogP contribution in [0.25, 0.3) is 0 Å². The minimum atomic E-state index is 0.687. The van der Waals surface area contributed by atoms with Crippen molar-refractivity contribution in [3.8, 4) is 0 Å². The fourth-order valence-electron chi connectivity index (χ4n) is 1.75. The second-order valence-corrected chi connectivity index (χ2v) is 4.64. The highest BCUT2D eigenvalue weighted by Gasteiger charge is 2.04. The molecule has 0 aliphatic rings. The number of pyridine rings is 1. The smallest absolute Gasteiger partial charge is 0.0766 e. The molecule has 0 amide bonds. The van der Waals surface area contributed by atoms with E-state index in [4.69, 9.17) is 11.6 Å². The summed E-state index contributed by atoms with van der Waals surface area (Å²) >= 11 is 6.13. The molecule has 0 saturated carbocycles. The standard InChI is InChI=1S/C14H16ClN3/c1-18(2)14-7-8-16-10-13(14)17-9-11-5-3-4-6-12(11)15/h3-8,10,17H,9H2,1-2H3. The van der Waals surface area contributed by atoms with Crippen LogP contribution < -0.4 is 10.2 Å². The summed E-state index contributed by atoms with van der Waals surface area (Å²) in [5.74, 6) is 0. The van der Waals surface area contributed by atoms with Crippen molar-refractivity contribution < 1.29 is 0 Å². The maximum atomic E-state index is 6.13. The fraction of sp³-hybridized carbons (Fsp3) is 0.214. The number of nitrogens with zero attached hydrogens (tertiary/aromatic N) is 2. The lowest BCUT2D eigenvalue weighted by molar-refractivity contribution is 1.09. The molecule has 0 radical (unpaired) electrons. The molecule has 1 aromatic carbocycles. The third kappa shape index (κ3) is 2.93. The Morgan fingerprint density at radius 2 is 2.00 bits per heavy atom. The molecule has 0 bridgehead atoms. The topological polar surface area (TPSA) is 28.2 Å². The second-order valence-electron chi connectivity index (χ2n) is 4.23. The van der Waals surface area contributed by atoms with Gasteiger partial charge in [0.15, 0.2) is 0 Å². The SMILES string of the molecule is CN(C)c1ccncc1NCc1ccccc1Cl. The van der Waals surface area contributed by atoms with Crippen molar-refractivity contribution in [2.45, 2.75) is 6.54 Å². The second kappa shape index (κ2) is 5.74. The molecular weight excluding hydrogens is 246 g/mol. The maximum absolute atomic E-state index is 6.13. The van der Waals surface area contributed by atoms with Crippen LogP contribution in [0.1, 0.15) is 5.56 Å². The van der Waals surface area contributed by atoms with Gasteiger partial charge in [0, 0.05) is 31.9 Å². The number of benzene rings is 1. The number of hydrogen-bond donors (Lipinski definition) is 1. The number of aromatic nitrogens is 1. The summed E-state index contributed by atoms with van der Waals surface area (Å²) in [4.78, 5) is 6.19. The van der Waals surface area contributed by atoms with E-state index in [0.29, 0.717) is 6.54 Å². The van der Waals surface area contributed by atoms with Crippen LogP contribution in [0.2, 0.25) is 5.02 Å². The van der Waals surface area contributed by atoms with Crippen LogP contribution in [-0.4, -0.2) is 19.1 Å². The van der Waals surface area contributed by atoms with Gasteiger partial charge in [0.05, 0.1) is 17.6 Å². The first-order valence-electron chi connectivity index (χ1n) is 5.77. The van der Waals surface area contributed by atoms with Crippen molar-refractivity contribution in [1.29, 1.82) is 0 Å². The Balaban J connectivity index is 2.14. The number of hydrogen-bond acceptors (Lipinski definition) is 3. The van der Waals surface area contributed by atoms with Crippen LogP contribution in [0.15, 0.2) is 42.7 Å². The molecule has 0 unspecified atom stereocenters. The normalized spacial score (nSPS) is 10.2. The van der Waals surface area contributed by atoms with Crippen molar-refractivity contribution in [3.63, 3.8) is 0 Å². The molecule has 2 aromatic rings. The lowest BCUT2D eigenvalue weighted by Gasteiger charge is -2.18. The molecule has 2 rings (SSSR count). The van der Waals surface area contributed by atoms with Gasteiger partial charge in [-0.2, -0.15) is 0 Å². The third-order valence-corrected chi connectivity index (χ3v) is 3.08. The fourth-order valence-corrected chi connectivity index (χ4v) is 1.95. The minimum absolute atomic E-state index is 0.687. The molecule has 0 saturated heterocycles. The van der Waals surface area contributed by atoms with Gasteiger partial charge in [-0.15, -0.1) is 0 Å². The molecule has 94 valence electrons. The highest BCUT2D eigenvalue weighted by atomic mass is 35.5. The lowest BCUT2D eigenvalue weighted by atomic mass is 10.2. The molecule has 1 N–H and O–H groups in total. The predicted octanol–water partition coefficient (Wildman–Crippen LogP) is 3.41. The molecule has 1 heterocycles. The average molecular weight is 262 g/mol. The van der Waals surface area contributed by atoms with E-state index >= 15 is 0 Å². The van der Waals surface area contributed by atoms with Crippen molar-refractivity contribution in [2.24, 2.45) is 0 Å². The Kier molecular flexibility index (Phi) is 4.05. The molecular formula is C14H16ClN3. The summed E-state index contributed by atoms with van der Waals surface area (Å²) in [5, 5.41) is 4.14. The van der Waals surface area contributed by atoms with Crippen molar-refractivity contribution in [3.05, 3.63) is 53.3 Å². The van der Waals surface area contributed by atoms with E-state index < -0.39 is 0 Å². The van der Waals surface area contributed by atoms with Gasteiger partial charge < -0.3 is 10.2 Å². The zero-order valence-corrected chi connectivity index (χ0v) is 11.3. The molecule has 0 atom stereocenters. The van der Waals surface area contributed by atoms with E-state index in [-0.39, 0.29) is 0 Å². The predicted molar refractivity (Wildman–Crippen MR) is 77.3 cm³/mol. The summed E-state index contributed by atoms with van der Waals surface area (Å²) in [6.45, 7) is 0.687. The minimum Gasteiger partial charge on any atom is -0.378 e. The third-order valence-electron chi connectivity index (χ3n) is 2.71. The first-order chi connectivity index (χ1) is 8.68. The van der Waals surface area contributed by atoms with Crippen molar-refractivity contribution in [1.82, 2.24) is 4.98 Å². The van der Waals surface area contributed by atoms with Gasteiger partial charge in [0.1, 0.15) is 0 Å². The average Bonchev–Trinajstić information content (AvgIpc) is 2.38. The van der Waals surface area contributed by atoms with Gasteiger partial charge in [-0.3, -0.25) is 4.98 Å². The van der Waals surface area contributed by atoms with E-state index in [9.17, 15) is 0 Å². The highest BCUT2D eigenvalue weighted by Crippen LogP contribution is 2.24. The molecule has 0 spiro atoms. The Morgan fingerprint density at radius 3 is 2.72 bits per heavy atom. The van der Waals surface area contributed by atoms with Gasteiger partial charge in [-0.25, -0.2) is 0 Å². The summed E-state index contributed by atoms with van der Waals surface area (Å²) in [6.07, 6.45) is 3.61. The van der Waals surface area contributed by atoms with Gasteiger partial charge >= 0.3 is 0 Å². The monoisotopic (exact) mass is 261 g/mol. The Bertz CT molecular complexity index is 526. The Labute approximate surface area is 112 Å². The van der Waals surface area contributed by atoms with Crippen molar-refractivity contribution >= 4 is 23.0 Å². The summed E-state index contributed by atoms with van der Waals surface area (Å²) in [5.41, 5.74) is 3.19. The van der Waals surface area contributed by atoms with Crippen LogP contribution in [-0.2, 0) is 6.54 Å². The van der Waals surface area contributed by atoms with Gasteiger partial charge in [-0.05, 0) is 17.7 Å². The molecule has 1 aromatic heterocycles. The number of nitrogens with one attached hydrogen (secondary N) is 1. The zero-order valence-electron chi connectivity index (χ0n) is 10.5. The van der Waals surface area contributed by atoms with Gasteiger partial charge in [0.2, 0.25) is 0 Å². The van der Waals surface area contributed by atoms with E-state index in [1.165, 1.54) is 0 Å². The summed E-state index contributed by atoms with van der Waals surface area (Å²) in [7, 11) is 4.02. The molecule has 0 aliphatic heterocycles. The largest absolute Gasteiger partial charge is 0.378 e. The lowest BCUT2D eigenvalue weighted by Crippen LogP contribution is -2.12. The molecule has 0 fully saturated rings. The first-order valence-corrected chi connectivity index (χ1v) is 6.15. The summed E-state index contributed by atoms with van der Waals surface area (Å²) < 4.78 is 0. The number of rotatable bonds is 4. The molecule has 3 nitrogen and oxygen atoms in total. The molecule has 0 aliphatic carbocycles. The van der Waals surface area contributed by atoms with Crippen LogP contribution in [0.4, 0.5) is 11.4 Å². The van der Waals surface area contributed by atoms with E-state index in [1.807, 2.05) is 50.6 Å². The maximum Gasteiger partial charge on any atom is 0.0766 e. The van der Waals surface area contributed by atoms with Crippen molar-refractivity contribution in [2.75, 3.05) is 24.3 Å². The van der Waals surface area contributed by atoms with E-state index in [0.717, 1.165) is 22.0 Å². The van der Waals surface area contributed by atoms with Crippen LogP contribution in [0.3, 0.4) is 0 Å². The van der Waals surface area contributed by atoms with Crippen LogP contribution >= 0.6 is 11.6 Å². The number of halogens is 1.